The highest BCUT2D eigenvalue weighted by atomic mass is 32.2. The third-order valence-electron chi connectivity index (χ3n) is 6.58. The second kappa shape index (κ2) is 12.0. The fourth-order valence-corrected chi connectivity index (χ4v) is 5.10. The van der Waals surface area contributed by atoms with Crippen LogP contribution in [-0.2, 0) is 4.18 Å². The highest BCUT2D eigenvalue weighted by Gasteiger charge is 2.19. The van der Waals surface area contributed by atoms with E-state index in [0.29, 0.717) is 5.56 Å². The highest BCUT2D eigenvalue weighted by Crippen LogP contribution is 2.28. The van der Waals surface area contributed by atoms with Crippen LogP contribution in [0.3, 0.4) is 0 Å². The molecule has 1 amide bonds. The van der Waals surface area contributed by atoms with E-state index in [2.05, 4.69) is 35.3 Å². The molecule has 1 N–H and O–H groups in total. The standard InChI is InChI=1S/C23H21N3O.C8H7NOS/c27-23(26-13-4-1-5-14-26)17-11-12-20-21(15-17)25-22(24-20)19-10-6-8-16-7-2-3-9-18(16)19;1-10-11-8-4-2-7(6-9)3-5-8/h2-3,6-12,15H,1,4-5,13-14H2,(H,24,25);2-5H,1H3. The van der Waals surface area contributed by atoms with Crippen LogP contribution in [0.15, 0.2) is 89.8 Å². The molecule has 1 aliphatic rings. The maximum Gasteiger partial charge on any atom is 0.253 e. The summed E-state index contributed by atoms with van der Waals surface area (Å²) in [7, 11) is 1.61. The van der Waals surface area contributed by atoms with Crippen LogP contribution in [0.25, 0.3) is 33.2 Å². The molecule has 5 aromatic rings. The molecule has 1 saturated heterocycles. The lowest BCUT2D eigenvalue weighted by atomic mass is 10.0. The van der Waals surface area contributed by atoms with Gasteiger partial charge in [0.25, 0.3) is 5.91 Å². The maximum atomic E-state index is 12.8. The summed E-state index contributed by atoms with van der Waals surface area (Å²) < 4.78 is 4.84. The molecule has 0 spiro atoms. The van der Waals surface area contributed by atoms with Crippen molar-refractivity contribution in [3.63, 3.8) is 0 Å². The minimum absolute atomic E-state index is 0.123. The average Bonchev–Trinajstić information content (AvgIpc) is 3.41. The van der Waals surface area contributed by atoms with Gasteiger partial charge >= 0.3 is 0 Å². The number of aromatic amines is 1. The molecule has 0 aliphatic carbocycles. The second-order valence-corrected chi connectivity index (χ2v) is 10.1. The number of hydrogen-bond donors (Lipinski definition) is 1. The van der Waals surface area contributed by atoms with Crippen LogP contribution >= 0.6 is 12.0 Å². The van der Waals surface area contributed by atoms with Crippen LogP contribution in [0.5, 0.6) is 0 Å². The fourth-order valence-electron chi connectivity index (χ4n) is 4.66. The van der Waals surface area contributed by atoms with Crippen molar-refractivity contribution in [3.8, 4) is 17.5 Å². The van der Waals surface area contributed by atoms with Gasteiger partial charge in [-0.3, -0.25) is 4.79 Å². The number of likely N-dealkylation sites (tertiary alicyclic amines) is 1. The normalized spacial score (nSPS) is 13.1. The van der Waals surface area contributed by atoms with Gasteiger partial charge in [-0.2, -0.15) is 5.26 Å². The summed E-state index contributed by atoms with van der Waals surface area (Å²) in [5, 5.41) is 10.8. The lowest BCUT2D eigenvalue weighted by Gasteiger charge is -2.26. The van der Waals surface area contributed by atoms with E-state index in [-0.39, 0.29) is 5.91 Å². The number of rotatable bonds is 4. The zero-order valence-electron chi connectivity index (χ0n) is 21.2. The molecule has 0 unspecified atom stereocenters. The first-order valence-electron chi connectivity index (χ1n) is 12.6. The molecule has 38 heavy (non-hydrogen) atoms. The molecule has 0 atom stereocenters. The number of imidazole rings is 1. The predicted molar refractivity (Wildman–Crippen MR) is 153 cm³/mol. The van der Waals surface area contributed by atoms with Crippen molar-refractivity contribution in [2.45, 2.75) is 24.2 Å². The highest BCUT2D eigenvalue weighted by molar-refractivity contribution is 7.94. The average molecular weight is 521 g/mol. The van der Waals surface area contributed by atoms with E-state index < -0.39 is 0 Å². The van der Waals surface area contributed by atoms with Crippen LogP contribution in [-0.4, -0.2) is 41.0 Å². The molecule has 6 nitrogen and oxygen atoms in total. The Morgan fingerprint density at radius 1 is 0.974 bits per heavy atom. The first kappa shape index (κ1) is 25.5. The molecule has 7 heteroatoms. The lowest BCUT2D eigenvalue weighted by molar-refractivity contribution is 0.0724. The van der Waals surface area contributed by atoms with Crippen molar-refractivity contribution in [2.24, 2.45) is 0 Å². The van der Waals surface area contributed by atoms with Gasteiger partial charge in [0.05, 0.1) is 29.8 Å². The number of carbonyl (C=O) groups is 1. The van der Waals surface area contributed by atoms with Crippen LogP contribution in [0.2, 0.25) is 0 Å². The number of amides is 1. The Morgan fingerprint density at radius 2 is 1.74 bits per heavy atom. The number of nitriles is 1. The Labute approximate surface area is 226 Å². The zero-order chi connectivity index (χ0) is 26.3. The molecule has 2 heterocycles. The summed E-state index contributed by atoms with van der Waals surface area (Å²) in [6.07, 6.45) is 3.42. The molecular weight excluding hydrogens is 492 g/mol. The van der Waals surface area contributed by atoms with Crippen LogP contribution in [0.1, 0.15) is 35.2 Å². The number of piperidine rings is 1. The van der Waals surface area contributed by atoms with Crippen LogP contribution in [0.4, 0.5) is 0 Å². The number of fused-ring (bicyclic) bond motifs is 2. The van der Waals surface area contributed by atoms with E-state index in [1.807, 2.05) is 53.4 Å². The van der Waals surface area contributed by atoms with E-state index in [1.54, 1.807) is 19.2 Å². The molecule has 4 aromatic carbocycles. The summed E-state index contributed by atoms with van der Waals surface area (Å²) in [6.45, 7) is 1.72. The Hall–Kier alpha value is -4.12. The molecule has 1 fully saturated rings. The number of aromatic nitrogens is 2. The van der Waals surface area contributed by atoms with Gasteiger partial charge in [0.1, 0.15) is 5.82 Å². The fraction of sp³-hybridized carbons (Fsp3) is 0.194. The van der Waals surface area contributed by atoms with Crippen molar-refractivity contribution in [3.05, 3.63) is 96.1 Å². The summed E-state index contributed by atoms with van der Waals surface area (Å²) >= 11 is 1.29. The Bertz CT molecular complexity index is 1590. The van der Waals surface area contributed by atoms with Gasteiger partial charge in [-0.1, -0.05) is 42.5 Å². The van der Waals surface area contributed by atoms with Gasteiger partial charge in [0.15, 0.2) is 0 Å². The first-order chi connectivity index (χ1) is 18.7. The largest absolute Gasteiger partial charge is 0.339 e. The van der Waals surface area contributed by atoms with Crippen LogP contribution < -0.4 is 0 Å². The van der Waals surface area contributed by atoms with E-state index in [1.165, 1.54) is 29.2 Å². The molecular formula is C31H28N4O2S. The first-order valence-corrected chi connectivity index (χ1v) is 13.4. The van der Waals surface area contributed by atoms with Gasteiger partial charge < -0.3 is 14.1 Å². The number of hydrogen-bond acceptors (Lipinski definition) is 5. The number of benzene rings is 4. The predicted octanol–water partition coefficient (Wildman–Crippen LogP) is 7.22. The summed E-state index contributed by atoms with van der Waals surface area (Å²) in [4.78, 5) is 23.9. The maximum absolute atomic E-state index is 12.8. The van der Waals surface area contributed by atoms with Crippen LogP contribution in [0, 0.1) is 11.3 Å². The summed E-state index contributed by atoms with van der Waals surface area (Å²) in [5.74, 6) is 0.960. The van der Waals surface area contributed by atoms with E-state index in [4.69, 9.17) is 14.4 Å². The van der Waals surface area contributed by atoms with E-state index >= 15 is 0 Å². The van der Waals surface area contributed by atoms with Gasteiger partial charge in [-0.15, -0.1) is 0 Å². The number of nitrogens with zero attached hydrogens (tertiary/aromatic N) is 3. The van der Waals surface area contributed by atoms with Crippen molar-refractivity contribution >= 4 is 39.8 Å². The molecule has 1 aliphatic heterocycles. The quantitative estimate of drug-likeness (QED) is 0.253. The third kappa shape index (κ3) is 5.72. The Balaban J connectivity index is 0.000000226. The molecule has 0 saturated carbocycles. The van der Waals surface area contributed by atoms with Crippen molar-refractivity contribution < 1.29 is 8.98 Å². The topological polar surface area (TPSA) is 82.0 Å². The minimum Gasteiger partial charge on any atom is -0.339 e. The molecule has 1 aromatic heterocycles. The minimum atomic E-state index is 0.123. The second-order valence-electron chi connectivity index (χ2n) is 9.08. The molecule has 0 bridgehead atoms. The monoisotopic (exact) mass is 520 g/mol. The number of nitrogens with one attached hydrogen (secondary N) is 1. The van der Waals surface area contributed by atoms with Gasteiger partial charge in [0.2, 0.25) is 0 Å². The molecule has 190 valence electrons. The molecule has 0 radical (unpaired) electrons. The molecule has 6 rings (SSSR count). The smallest absolute Gasteiger partial charge is 0.253 e. The van der Waals surface area contributed by atoms with Crippen molar-refractivity contribution in [1.82, 2.24) is 14.9 Å². The lowest BCUT2D eigenvalue weighted by Crippen LogP contribution is -2.35. The Morgan fingerprint density at radius 3 is 2.50 bits per heavy atom. The zero-order valence-corrected chi connectivity index (χ0v) is 22.0. The Kier molecular flexibility index (Phi) is 8.03. The third-order valence-corrected chi connectivity index (χ3v) is 7.21. The summed E-state index contributed by atoms with van der Waals surface area (Å²) in [5.41, 5.74) is 4.27. The summed E-state index contributed by atoms with van der Waals surface area (Å²) in [6, 6.07) is 29.6. The van der Waals surface area contributed by atoms with Crippen molar-refractivity contribution in [2.75, 3.05) is 20.2 Å². The van der Waals surface area contributed by atoms with E-state index in [9.17, 15) is 4.79 Å². The van der Waals surface area contributed by atoms with E-state index in [0.717, 1.165) is 58.8 Å². The van der Waals surface area contributed by atoms with Gasteiger partial charge in [-0.25, -0.2) is 4.98 Å². The van der Waals surface area contributed by atoms with Gasteiger partial charge in [0, 0.05) is 41.2 Å². The number of H-pyrrole nitrogens is 1. The van der Waals surface area contributed by atoms with Crippen molar-refractivity contribution in [1.29, 1.82) is 5.26 Å². The van der Waals surface area contributed by atoms with Gasteiger partial charge in [-0.05, 0) is 72.5 Å². The SMILES string of the molecule is COSc1ccc(C#N)cc1.O=C(c1ccc2nc(-c3cccc4ccccc34)[nH]c2c1)N1CCCCC1. The number of carbonyl (C=O) groups excluding carboxylic acids is 1.